The van der Waals surface area contributed by atoms with Crippen molar-refractivity contribution in [1.82, 2.24) is 36.2 Å². The van der Waals surface area contributed by atoms with Crippen molar-refractivity contribution in [1.29, 1.82) is 0 Å². The van der Waals surface area contributed by atoms with E-state index in [2.05, 4.69) is 41.5 Å². The second kappa shape index (κ2) is 15.0. The van der Waals surface area contributed by atoms with Gasteiger partial charge in [-0.2, -0.15) is 0 Å². The molecule has 2 atom stereocenters. The second-order valence-electron chi connectivity index (χ2n) is 11.7. The Morgan fingerprint density at radius 1 is 0.854 bits per heavy atom. The number of aromatic nitrogens is 3. The Morgan fingerprint density at radius 3 is 2.21 bits per heavy atom. The van der Waals surface area contributed by atoms with E-state index in [0.29, 0.717) is 60.9 Å². The lowest BCUT2D eigenvalue weighted by Crippen LogP contribution is -2.35. The average Bonchev–Trinajstić information content (AvgIpc) is 3.70. The normalized spacial score (nSPS) is 17.3. The molecule has 48 heavy (non-hydrogen) atoms. The number of halogens is 3. The van der Waals surface area contributed by atoms with Crippen molar-refractivity contribution in [3.8, 4) is 28.4 Å². The fourth-order valence-corrected chi connectivity index (χ4v) is 6.09. The quantitative estimate of drug-likeness (QED) is 0.137. The van der Waals surface area contributed by atoms with Crippen molar-refractivity contribution in [3.63, 3.8) is 0 Å². The zero-order chi connectivity index (χ0) is 33.6. The van der Waals surface area contributed by atoms with Crippen LogP contribution in [0.25, 0.3) is 22.5 Å². The summed E-state index contributed by atoms with van der Waals surface area (Å²) in [7, 11) is 1.50. The highest BCUT2D eigenvalue weighted by atomic mass is 35.5. The summed E-state index contributed by atoms with van der Waals surface area (Å²) >= 11 is 6.76. The van der Waals surface area contributed by atoms with E-state index < -0.39 is 11.6 Å². The summed E-state index contributed by atoms with van der Waals surface area (Å²) in [5.41, 5.74) is 2.32. The Balaban J connectivity index is 1.17. The molecule has 14 heteroatoms. The van der Waals surface area contributed by atoms with E-state index in [-0.39, 0.29) is 52.5 Å². The number of carbonyl (C=O) groups excluding carboxylic acids is 2. The first kappa shape index (κ1) is 33.2. The molecule has 6 rings (SSSR count). The largest absolute Gasteiger partial charge is 0.481 e. The van der Waals surface area contributed by atoms with Crippen LogP contribution in [0.1, 0.15) is 36.8 Å². The highest BCUT2D eigenvalue weighted by Gasteiger charge is 2.23. The standard InChI is InChI=1S/C34H35ClF2N8O3/c1-48-34-20(16-39-18-22-7-10-28(47)43-22)5-8-25(45-34)23-12-14-40-32(31(23)37)24-3-2-4-26(29(24)35)44-33-30(36)19(11-13-41-33)15-38-17-21-6-9-27(46)42-21/h2-5,8,11-14,21-22,38-39H,6-7,9-10,15-18H2,1H3,(H,41,44)(H,42,46)(H,43,47)/t21-,22-/m1/s1. The lowest BCUT2D eigenvalue weighted by molar-refractivity contribution is -0.120. The Labute approximate surface area is 281 Å². The molecule has 0 saturated carbocycles. The number of rotatable bonds is 13. The number of pyridine rings is 3. The van der Waals surface area contributed by atoms with Gasteiger partial charge in [0.05, 0.1) is 23.5 Å². The Morgan fingerprint density at radius 2 is 1.54 bits per heavy atom. The predicted molar refractivity (Wildman–Crippen MR) is 178 cm³/mol. The number of amides is 2. The summed E-state index contributed by atoms with van der Waals surface area (Å²) < 4.78 is 37.1. The van der Waals surface area contributed by atoms with Gasteiger partial charge in [0.15, 0.2) is 17.5 Å². The van der Waals surface area contributed by atoms with E-state index in [0.717, 1.165) is 18.4 Å². The van der Waals surface area contributed by atoms with Gasteiger partial charge >= 0.3 is 0 Å². The van der Waals surface area contributed by atoms with Crippen LogP contribution in [-0.2, 0) is 22.7 Å². The lowest BCUT2D eigenvalue weighted by atomic mass is 10.0. The average molecular weight is 677 g/mol. The van der Waals surface area contributed by atoms with Crippen LogP contribution < -0.4 is 31.3 Å². The molecule has 250 valence electrons. The van der Waals surface area contributed by atoms with Crippen LogP contribution in [0.5, 0.6) is 5.88 Å². The predicted octanol–water partition coefficient (Wildman–Crippen LogP) is 4.63. The van der Waals surface area contributed by atoms with E-state index in [4.69, 9.17) is 16.3 Å². The number of hydrogen-bond donors (Lipinski definition) is 5. The Bertz CT molecular complexity index is 1830. The van der Waals surface area contributed by atoms with Crippen LogP contribution in [0.3, 0.4) is 0 Å². The van der Waals surface area contributed by atoms with Gasteiger partial charge in [0.1, 0.15) is 5.69 Å². The van der Waals surface area contributed by atoms with Gasteiger partial charge in [-0.05, 0) is 37.1 Å². The lowest BCUT2D eigenvalue weighted by Gasteiger charge is -2.15. The third-order valence-electron chi connectivity index (χ3n) is 8.36. The molecule has 4 aromatic rings. The van der Waals surface area contributed by atoms with Gasteiger partial charge in [0.2, 0.25) is 17.7 Å². The van der Waals surface area contributed by atoms with E-state index in [9.17, 15) is 9.59 Å². The number of benzene rings is 1. The molecule has 0 spiro atoms. The topological polar surface area (TPSA) is 142 Å². The van der Waals surface area contributed by atoms with Crippen molar-refractivity contribution < 1.29 is 23.1 Å². The summed E-state index contributed by atoms with van der Waals surface area (Å²) in [5.74, 6) is -0.810. The van der Waals surface area contributed by atoms with Crippen LogP contribution >= 0.6 is 11.6 Å². The van der Waals surface area contributed by atoms with Gasteiger partial charge in [-0.3, -0.25) is 14.6 Å². The fraction of sp³-hybridized carbons (Fsp3) is 0.324. The minimum Gasteiger partial charge on any atom is -0.481 e. The fourth-order valence-electron chi connectivity index (χ4n) is 5.83. The molecule has 0 aliphatic carbocycles. The first-order chi connectivity index (χ1) is 23.3. The zero-order valence-electron chi connectivity index (χ0n) is 26.2. The van der Waals surface area contributed by atoms with Gasteiger partial charge < -0.3 is 31.3 Å². The van der Waals surface area contributed by atoms with Crippen LogP contribution in [0, 0.1) is 11.6 Å². The van der Waals surface area contributed by atoms with Crippen LogP contribution in [-0.4, -0.2) is 59.0 Å². The molecule has 0 unspecified atom stereocenters. The van der Waals surface area contributed by atoms with Gasteiger partial charge in [0.25, 0.3) is 0 Å². The summed E-state index contributed by atoms with van der Waals surface area (Å²) in [6, 6.07) is 11.7. The molecule has 2 aliphatic heterocycles. The molecular formula is C34H35ClF2N8O3. The highest BCUT2D eigenvalue weighted by Crippen LogP contribution is 2.38. The molecule has 2 aliphatic rings. The molecule has 11 nitrogen and oxygen atoms in total. The number of hydrogen-bond acceptors (Lipinski definition) is 9. The third kappa shape index (κ3) is 7.53. The molecule has 1 aromatic carbocycles. The molecular weight excluding hydrogens is 642 g/mol. The molecule has 2 amide bonds. The number of nitrogens with zero attached hydrogens (tertiary/aromatic N) is 3. The van der Waals surface area contributed by atoms with E-state index in [1.165, 1.54) is 25.6 Å². The summed E-state index contributed by atoms with van der Waals surface area (Å²) in [4.78, 5) is 35.9. The van der Waals surface area contributed by atoms with Gasteiger partial charge in [-0.1, -0.05) is 29.8 Å². The van der Waals surface area contributed by atoms with Crippen molar-refractivity contribution in [2.45, 2.75) is 50.9 Å². The summed E-state index contributed by atoms with van der Waals surface area (Å²) in [6.07, 6.45) is 5.51. The molecule has 2 fully saturated rings. The number of methoxy groups -OCH3 is 1. The number of carbonyl (C=O) groups is 2. The molecule has 0 radical (unpaired) electrons. The second-order valence-corrected chi connectivity index (χ2v) is 12.1. The minimum absolute atomic E-state index is 0.00310. The number of ether oxygens (including phenoxy) is 1. The molecule has 2 saturated heterocycles. The Hall–Kier alpha value is -4.72. The minimum atomic E-state index is -0.634. The van der Waals surface area contributed by atoms with Crippen molar-refractivity contribution in [2.75, 3.05) is 25.5 Å². The number of anilines is 2. The maximum Gasteiger partial charge on any atom is 0.220 e. The van der Waals surface area contributed by atoms with Crippen molar-refractivity contribution in [2.24, 2.45) is 0 Å². The Kier molecular flexibility index (Phi) is 10.4. The summed E-state index contributed by atoms with van der Waals surface area (Å²) in [5, 5.41) is 15.4. The molecule has 3 aromatic heterocycles. The molecule has 5 heterocycles. The molecule has 5 N–H and O–H groups in total. The third-order valence-corrected chi connectivity index (χ3v) is 8.76. The maximum atomic E-state index is 16.1. The first-order valence-corrected chi connectivity index (χ1v) is 16.1. The maximum absolute atomic E-state index is 16.1. The summed E-state index contributed by atoms with van der Waals surface area (Å²) in [6.45, 7) is 1.83. The van der Waals surface area contributed by atoms with E-state index in [1.54, 1.807) is 30.3 Å². The van der Waals surface area contributed by atoms with Gasteiger partial charge in [-0.15, -0.1) is 0 Å². The number of nitrogens with one attached hydrogen (secondary N) is 5. The van der Waals surface area contributed by atoms with E-state index in [1.807, 2.05) is 6.07 Å². The zero-order valence-corrected chi connectivity index (χ0v) is 27.0. The SMILES string of the molecule is COc1nc(-c2ccnc(-c3cccc(Nc4nccc(CNC[C@H]5CCC(=O)N5)c4F)c3Cl)c2F)ccc1CNC[C@H]1CCC(=O)N1. The molecule has 0 bridgehead atoms. The monoisotopic (exact) mass is 676 g/mol. The van der Waals surface area contributed by atoms with Gasteiger partial charge in [-0.25, -0.2) is 18.7 Å². The van der Waals surface area contributed by atoms with Crippen molar-refractivity contribution >= 4 is 34.9 Å². The van der Waals surface area contributed by atoms with Crippen LogP contribution in [0.2, 0.25) is 5.02 Å². The van der Waals surface area contributed by atoms with Crippen LogP contribution in [0.15, 0.2) is 54.9 Å². The van der Waals surface area contributed by atoms with Crippen LogP contribution in [0.4, 0.5) is 20.3 Å². The van der Waals surface area contributed by atoms with Gasteiger partial charge in [0, 0.05) is 85.8 Å². The first-order valence-electron chi connectivity index (χ1n) is 15.7. The van der Waals surface area contributed by atoms with Crippen molar-refractivity contribution in [3.05, 3.63) is 82.6 Å². The smallest absolute Gasteiger partial charge is 0.220 e. The van der Waals surface area contributed by atoms with E-state index >= 15 is 8.78 Å². The highest BCUT2D eigenvalue weighted by molar-refractivity contribution is 6.36.